The Bertz CT molecular complexity index is 3440. The highest BCUT2D eigenvalue weighted by atomic mass is 16.3. The van der Waals surface area contributed by atoms with Crippen molar-refractivity contribution in [2.45, 2.75) is 110 Å². The number of hydrogen-bond acceptors (Lipinski definition) is 3. The fraction of sp³-hybridized carbons (Fsp3) is 0.254. The van der Waals surface area contributed by atoms with Gasteiger partial charge in [-0.2, -0.15) is 0 Å². The normalized spacial score (nSPS) is 14.7. The first-order valence-electron chi connectivity index (χ1n) is 26.2. The first-order valence-corrected chi connectivity index (χ1v) is 26.2. The van der Waals surface area contributed by atoms with Crippen molar-refractivity contribution in [2.24, 2.45) is 0 Å². The van der Waals surface area contributed by atoms with E-state index in [0.717, 1.165) is 28.0 Å². The summed E-state index contributed by atoms with van der Waals surface area (Å²) in [4.78, 5) is 5.16. The van der Waals surface area contributed by atoms with Crippen LogP contribution in [0.25, 0.3) is 44.3 Å². The van der Waals surface area contributed by atoms with Crippen molar-refractivity contribution in [1.82, 2.24) is 0 Å². The lowest BCUT2D eigenvalue weighted by molar-refractivity contribution is 0.444. The molecule has 1 aromatic heterocycles. The molecule has 352 valence electrons. The molecule has 3 aliphatic rings. The highest BCUT2D eigenvalue weighted by Crippen LogP contribution is 2.51. The molecule has 1 aliphatic carbocycles. The van der Waals surface area contributed by atoms with Gasteiger partial charge >= 0.3 is 0 Å². The van der Waals surface area contributed by atoms with E-state index in [1.54, 1.807) is 0 Å². The van der Waals surface area contributed by atoms with Gasteiger partial charge < -0.3 is 14.2 Å². The second-order valence-electron chi connectivity index (χ2n) is 23.0. The lowest BCUT2D eigenvalue weighted by Gasteiger charge is -2.44. The van der Waals surface area contributed by atoms with Crippen LogP contribution in [0, 0.1) is 0 Å². The Kier molecular flexibility index (Phi) is 11.0. The van der Waals surface area contributed by atoms with Crippen LogP contribution in [0.2, 0.25) is 0 Å². The van der Waals surface area contributed by atoms with E-state index in [1.165, 1.54) is 121 Å². The molecule has 8 aromatic carbocycles. The van der Waals surface area contributed by atoms with Gasteiger partial charge in [0.2, 0.25) is 0 Å². The molecular weight excluding hydrogens is 860 g/mol. The molecule has 0 N–H and O–H groups in total. The first-order chi connectivity index (χ1) is 34.3. The second-order valence-corrected chi connectivity index (χ2v) is 23.0. The molecule has 3 heterocycles. The van der Waals surface area contributed by atoms with Crippen LogP contribution in [0.5, 0.6) is 0 Å². The van der Waals surface area contributed by atoms with Crippen molar-refractivity contribution in [3.63, 3.8) is 0 Å². The molecule has 1 fully saturated rings. The third kappa shape index (κ3) is 7.91. The van der Waals surface area contributed by atoms with Crippen LogP contribution < -0.4 is 26.4 Å². The second kappa shape index (κ2) is 17.4. The summed E-state index contributed by atoms with van der Waals surface area (Å²) < 4.78 is 7.52. The number of hydrogen-bond donors (Lipinski definition) is 0. The molecule has 3 nitrogen and oxygen atoms in total. The van der Waals surface area contributed by atoms with Gasteiger partial charge in [-0.25, -0.2) is 0 Å². The first kappa shape index (κ1) is 45.1. The molecule has 0 amide bonds. The quantitative estimate of drug-likeness (QED) is 0.149. The smallest absolute Gasteiger partial charge is 0.297 e. The van der Waals surface area contributed by atoms with E-state index >= 15 is 0 Å². The summed E-state index contributed by atoms with van der Waals surface area (Å²) in [5.41, 5.74) is 24.1. The fourth-order valence-electron chi connectivity index (χ4n) is 11.9. The molecule has 0 bridgehead atoms. The predicted octanol–water partition coefficient (Wildman–Crippen LogP) is 17.3. The molecule has 9 aromatic rings. The molecule has 4 heteroatoms. The van der Waals surface area contributed by atoms with Gasteiger partial charge in [0.05, 0.1) is 17.0 Å². The standard InChI is InChI=1S/C67H65BN2O/c1-43(2)49-28-35-55-62(40-49)71-65-64(55)70(58-36-29-50(44-18-12-9-13-19-44)38-56(58)48-22-16-11-17-23-48)61-42-53(67(6,7)8)41-60-63(61)68(65)57-39-51(45-20-14-10-15-21-45)30-37-59(57)69(60)54-33-26-47(27-34-54)46-24-31-52(32-25-46)66(3,4)5/h10-11,14-17,20-44H,9,12-13,18-19H2,1-8H3. The zero-order valence-corrected chi connectivity index (χ0v) is 42.8. The topological polar surface area (TPSA) is 19.6 Å². The number of fused-ring (bicyclic) bond motifs is 6. The van der Waals surface area contributed by atoms with Crippen molar-refractivity contribution in [2.75, 3.05) is 9.80 Å². The molecule has 2 aliphatic heterocycles. The average Bonchev–Trinajstić information content (AvgIpc) is 3.77. The number of furan rings is 1. The molecular formula is C67H65BN2O. The van der Waals surface area contributed by atoms with E-state index < -0.39 is 0 Å². The highest BCUT2D eigenvalue weighted by molar-refractivity contribution is 7.00. The summed E-state index contributed by atoms with van der Waals surface area (Å²) in [6.45, 7) is 18.3. The maximum atomic E-state index is 7.52. The molecule has 0 spiro atoms. The van der Waals surface area contributed by atoms with E-state index in [-0.39, 0.29) is 17.5 Å². The van der Waals surface area contributed by atoms with E-state index in [2.05, 4.69) is 241 Å². The summed E-state index contributed by atoms with van der Waals surface area (Å²) in [5.74, 6) is 0.931. The zero-order valence-electron chi connectivity index (χ0n) is 42.8. The molecule has 71 heavy (non-hydrogen) atoms. The number of rotatable bonds is 7. The van der Waals surface area contributed by atoms with E-state index in [1.807, 2.05) is 0 Å². The predicted molar refractivity (Wildman–Crippen MR) is 304 cm³/mol. The van der Waals surface area contributed by atoms with Crippen molar-refractivity contribution in [1.29, 1.82) is 0 Å². The van der Waals surface area contributed by atoms with Crippen LogP contribution >= 0.6 is 0 Å². The SMILES string of the molecule is CC(C)c1ccc2c3c(oc2c1)B1c2cc(-c4ccccc4)ccc2N(c2ccc(-c4ccc(C(C)(C)C)cc4)cc2)c2cc(C(C)(C)C)cc(c21)N3c1ccc(C2CCCCC2)cc1-c1ccccc1. The number of benzene rings is 8. The lowest BCUT2D eigenvalue weighted by atomic mass is 9.35. The van der Waals surface area contributed by atoms with E-state index in [4.69, 9.17) is 4.42 Å². The minimum absolute atomic E-state index is 0.0975. The summed E-state index contributed by atoms with van der Waals surface area (Å²) in [6, 6.07) is 66.9. The van der Waals surface area contributed by atoms with Gasteiger partial charge in [-0.3, -0.25) is 0 Å². The van der Waals surface area contributed by atoms with Crippen molar-refractivity contribution < 1.29 is 4.42 Å². The van der Waals surface area contributed by atoms with Crippen molar-refractivity contribution in [3.05, 3.63) is 198 Å². The van der Waals surface area contributed by atoms with Gasteiger partial charge in [0, 0.05) is 33.7 Å². The Morgan fingerprint density at radius 2 is 1.10 bits per heavy atom. The zero-order chi connectivity index (χ0) is 48.8. The maximum absolute atomic E-state index is 7.52. The molecule has 1 saturated carbocycles. The molecule has 0 unspecified atom stereocenters. The Morgan fingerprint density at radius 1 is 0.507 bits per heavy atom. The summed E-state index contributed by atoms with van der Waals surface area (Å²) in [5, 5.41) is 1.14. The van der Waals surface area contributed by atoms with Crippen LogP contribution in [0.15, 0.2) is 180 Å². The van der Waals surface area contributed by atoms with Crippen LogP contribution in [0.3, 0.4) is 0 Å². The third-order valence-corrected chi connectivity index (χ3v) is 16.0. The largest absolute Gasteiger partial charge is 0.468 e. The minimum atomic E-state index is -0.174. The Hall–Kier alpha value is -7.04. The monoisotopic (exact) mass is 925 g/mol. The third-order valence-electron chi connectivity index (χ3n) is 16.0. The minimum Gasteiger partial charge on any atom is -0.468 e. The van der Waals surface area contributed by atoms with Gasteiger partial charge in [-0.15, -0.1) is 0 Å². The molecule has 0 atom stereocenters. The van der Waals surface area contributed by atoms with Crippen molar-refractivity contribution in [3.8, 4) is 33.4 Å². The molecule has 0 saturated heterocycles. The highest BCUT2D eigenvalue weighted by Gasteiger charge is 2.48. The summed E-state index contributed by atoms with van der Waals surface area (Å²) >= 11 is 0. The van der Waals surface area contributed by atoms with Crippen LogP contribution in [0.1, 0.15) is 122 Å². The maximum Gasteiger partial charge on any atom is 0.297 e. The summed E-state index contributed by atoms with van der Waals surface area (Å²) in [7, 11) is 0. The summed E-state index contributed by atoms with van der Waals surface area (Å²) in [6.07, 6.45) is 6.43. The Labute approximate surface area is 422 Å². The van der Waals surface area contributed by atoms with E-state index in [9.17, 15) is 0 Å². The molecule has 12 rings (SSSR count). The van der Waals surface area contributed by atoms with Gasteiger partial charge in [0.15, 0.2) is 0 Å². The Morgan fingerprint density at radius 3 is 1.75 bits per heavy atom. The van der Waals surface area contributed by atoms with Crippen molar-refractivity contribution >= 4 is 68.4 Å². The number of nitrogens with zero attached hydrogens (tertiary/aromatic N) is 2. The Balaban J connectivity index is 1.15. The van der Waals surface area contributed by atoms with Gasteiger partial charge in [0.25, 0.3) is 6.71 Å². The number of anilines is 6. The lowest BCUT2D eigenvalue weighted by Crippen LogP contribution is -2.61. The van der Waals surface area contributed by atoms with E-state index in [0.29, 0.717) is 11.8 Å². The fourth-order valence-corrected chi connectivity index (χ4v) is 11.9. The van der Waals surface area contributed by atoms with Gasteiger partial charge in [-0.05, 0) is 151 Å². The molecule has 0 radical (unpaired) electrons. The average molecular weight is 925 g/mol. The van der Waals surface area contributed by atoms with Gasteiger partial charge in [0.1, 0.15) is 5.58 Å². The van der Waals surface area contributed by atoms with Crippen LogP contribution in [-0.2, 0) is 10.8 Å². The van der Waals surface area contributed by atoms with Crippen LogP contribution in [0.4, 0.5) is 34.1 Å². The van der Waals surface area contributed by atoms with Crippen LogP contribution in [-0.4, -0.2) is 6.71 Å². The van der Waals surface area contributed by atoms with Gasteiger partial charge in [-0.1, -0.05) is 196 Å².